The average Bonchev–Trinajstić information content (AvgIpc) is 1.86. The second-order valence-corrected chi connectivity index (χ2v) is 3.57. The Balaban J connectivity index is 3.48. The van der Waals surface area contributed by atoms with Crippen LogP contribution in [0.15, 0.2) is 12.8 Å². The largest absolute Gasteiger partial charge is 0.473 e. The molecule has 0 amide bonds. The minimum atomic E-state index is -0.135. The van der Waals surface area contributed by atoms with Gasteiger partial charge in [-0.3, -0.25) is 0 Å². The third-order valence-corrected chi connectivity index (χ3v) is 1.21. The molecule has 0 aromatic rings. The van der Waals surface area contributed by atoms with Gasteiger partial charge in [-0.15, -0.1) is 0 Å². The average molecular weight is 256 g/mol. The van der Waals surface area contributed by atoms with Crippen molar-refractivity contribution in [2.75, 3.05) is 0 Å². The Bertz CT molecular complexity index is 93.6. The molecule has 3 heteroatoms. The molecule has 0 bridgehead atoms. The van der Waals surface area contributed by atoms with Crippen molar-refractivity contribution in [3.05, 3.63) is 12.8 Å². The van der Waals surface area contributed by atoms with Gasteiger partial charge in [-0.05, 0) is 6.92 Å². The van der Waals surface area contributed by atoms with Crippen LogP contribution in [0.3, 0.4) is 0 Å². The van der Waals surface area contributed by atoms with E-state index in [1.807, 2.05) is 13.8 Å². The Labute approximate surface area is 75.7 Å². The molecule has 0 aliphatic heterocycles. The summed E-state index contributed by atoms with van der Waals surface area (Å²) in [5.74, 6) is 0. The molecule has 2 atom stereocenters. The van der Waals surface area contributed by atoms with Crippen molar-refractivity contribution in [1.29, 1.82) is 0 Å². The highest BCUT2D eigenvalue weighted by Crippen LogP contribution is 2.08. The van der Waals surface area contributed by atoms with Crippen molar-refractivity contribution >= 4 is 22.6 Å². The Kier molecular flexibility index (Phi) is 6.11. The van der Waals surface area contributed by atoms with Crippen LogP contribution in [0.1, 0.15) is 20.3 Å². The summed E-state index contributed by atoms with van der Waals surface area (Å²) >= 11 is 2.18. The summed E-state index contributed by atoms with van der Waals surface area (Å²) in [5, 5.41) is 0. The normalized spacial score (nSPS) is 15.9. The molecule has 0 aliphatic rings. The Morgan fingerprint density at radius 2 is 2.30 bits per heavy atom. The van der Waals surface area contributed by atoms with Gasteiger partial charge < -0.3 is 9.47 Å². The van der Waals surface area contributed by atoms with Crippen LogP contribution < -0.4 is 0 Å². The first-order chi connectivity index (χ1) is 4.70. The van der Waals surface area contributed by atoms with Gasteiger partial charge >= 0.3 is 0 Å². The van der Waals surface area contributed by atoms with E-state index in [1.54, 1.807) is 0 Å². The van der Waals surface area contributed by atoms with Crippen LogP contribution in [0.2, 0.25) is 0 Å². The Morgan fingerprint density at radius 3 is 2.60 bits per heavy atom. The molecular weight excluding hydrogens is 243 g/mol. The number of hydrogen-bond acceptors (Lipinski definition) is 2. The lowest BCUT2D eigenvalue weighted by molar-refractivity contribution is -0.108. The predicted molar refractivity (Wildman–Crippen MR) is 49.9 cm³/mol. The summed E-state index contributed by atoms with van der Waals surface area (Å²) in [6.07, 6.45) is 2.12. The molecule has 10 heavy (non-hydrogen) atoms. The first kappa shape index (κ1) is 10.2. The fourth-order valence-electron chi connectivity index (χ4n) is 0.541. The standard InChI is InChI=1S/C7H13IO2/c1-4-7(9-5-2)10-6(3)8/h5-7H,2,4H2,1,3H3. The van der Waals surface area contributed by atoms with E-state index >= 15 is 0 Å². The van der Waals surface area contributed by atoms with E-state index in [1.165, 1.54) is 6.26 Å². The van der Waals surface area contributed by atoms with Crippen LogP contribution in [0.4, 0.5) is 0 Å². The molecule has 0 rings (SSSR count). The summed E-state index contributed by atoms with van der Waals surface area (Å²) in [4.78, 5) is 0. The summed E-state index contributed by atoms with van der Waals surface area (Å²) < 4.78 is 10.6. The van der Waals surface area contributed by atoms with Crippen molar-refractivity contribution < 1.29 is 9.47 Å². The number of rotatable bonds is 5. The summed E-state index contributed by atoms with van der Waals surface area (Å²) in [6, 6.07) is 0. The topological polar surface area (TPSA) is 18.5 Å². The van der Waals surface area contributed by atoms with E-state index in [9.17, 15) is 0 Å². The van der Waals surface area contributed by atoms with Crippen molar-refractivity contribution in [3.63, 3.8) is 0 Å². The van der Waals surface area contributed by atoms with Gasteiger partial charge in [0.05, 0.1) is 6.26 Å². The summed E-state index contributed by atoms with van der Waals surface area (Å²) in [6.45, 7) is 7.43. The zero-order valence-electron chi connectivity index (χ0n) is 6.34. The van der Waals surface area contributed by atoms with Crippen LogP contribution in [0.25, 0.3) is 0 Å². The highest BCUT2D eigenvalue weighted by molar-refractivity contribution is 14.1. The van der Waals surface area contributed by atoms with Gasteiger partial charge in [0, 0.05) is 6.42 Å². The fourth-order valence-corrected chi connectivity index (χ4v) is 0.868. The zero-order chi connectivity index (χ0) is 7.98. The molecule has 0 aromatic heterocycles. The van der Waals surface area contributed by atoms with Crippen LogP contribution >= 0.6 is 22.6 Å². The minimum Gasteiger partial charge on any atom is -0.473 e. The maximum atomic E-state index is 5.33. The quantitative estimate of drug-likeness (QED) is 0.326. The van der Waals surface area contributed by atoms with Gasteiger partial charge in [0.2, 0.25) is 0 Å². The van der Waals surface area contributed by atoms with Gasteiger partial charge in [-0.1, -0.05) is 36.1 Å². The van der Waals surface area contributed by atoms with E-state index in [0.717, 1.165) is 6.42 Å². The van der Waals surface area contributed by atoms with Crippen molar-refractivity contribution in [3.8, 4) is 0 Å². The SMILES string of the molecule is C=COC(CC)OC(C)I. The van der Waals surface area contributed by atoms with E-state index in [2.05, 4.69) is 29.2 Å². The number of halogens is 1. The van der Waals surface area contributed by atoms with Crippen LogP contribution in [-0.2, 0) is 9.47 Å². The maximum Gasteiger partial charge on any atom is 0.199 e. The molecule has 0 heterocycles. The van der Waals surface area contributed by atoms with Crippen LogP contribution in [-0.4, -0.2) is 10.4 Å². The van der Waals surface area contributed by atoms with Gasteiger partial charge in [0.15, 0.2) is 6.29 Å². The third kappa shape index (κ3) is 5.05. The first-order valence-electron chi connectivity index (χ1n) is 3.26. The van der Waals surface area contributed by atoms with E-state index in [0.29, 0.717) is 0 Å². The second-order valence-electron chi connectivity index (χ2n) is 1.82. The van der Waals surface area contributed by atoms with Crippen molar-refractivity contribution in [2.24, 2.45) is 0 Å². The molecule has 0 fully saturated rings. The lowest BCUT2D eigenvalue weighted by atomic mass is 10.5. The monoisotopic (exact) mass is 256 g/mol. The van der Waals surface area contributed by atoms with Gasteiger partial charge in [-0.25, -0.2) is 0 Å². The molecule has 0 aliphatic carbocycles. The maximum absolute atomic E-state index is 5.33. The summed E-state index contributed by atoms with van der Waals surface area (Å²) in [5.41, 5.74) is 0. The molecule has 0 radical (unpaired) electrons. The molecule has 60 valence electrons. The molecular formula is C7H13IO2. The fraction of sp³-hybridized carbons (Fsp3) is 0.714. The smallest absolute Gasteiger partial charge is 0.199 e. The molecule has 0 N–H and O–H groups in total. The molecule has 0 spiro atoms. The Hall–Kier alpha value is 0.230. The van der Waals surface area contributed by atoms with Crippen molar-refractivity contribution in [2.45, 2.75) is 30.7 Å². The van der Waals surface area contributed by atoms with E-state index in [4.69, 9.17) is 9.47 Å². The highest BCUT2D eigenvalue weighted by atomic mass is 127. The second kappa shape index (κ2) is 5.97. The lowest BCUT2D eigenvalue weighted by Crippen LogP contribution is -2.16. The highest BCUT2D eigenvalue weighted by Gasteiger charge is 2.07. The Morgan fingerprint density at radius 1 is 1.70 bits per heavy atom. The minimum absolute atomic E-state index is 0.135. The first-order valence-corrected chi connectivity index (χ1v) is 4.51. The third-order valence-electron chi connectivity index (χ3n) is 0.921. The molecule has 0 aromatic carbocycles. The van der Waals surface area contributed by atoms with Crippen LogP contribution in [0.5, 0.6) is 0 Å². The van der Waals surface area contributed by atoms with Gasteiger partial charge in [-0.2, -0.15) is 0 Å². The predicted octanol–water partition coefficient (Wildman–Crippen LogP) is 2.68. The summed E-state index contributed by atoms with van der Waals surface area (Å²) in [7, 11) is 0. The van der Waals surface area contributed by atoms with Gasteiger partial charge in [0.1, 0.15) is 4.11 Å². The van der Waals surface area contributed by atoms with E-state index < -0.39 is 0 Å². The number of ether oxygens (including phenoxy) is 2. The number of alkyl halides is 1. The molecule has 2 unspecified atom stereocenters. The van der Waals surface area contributed by atoms with Crippen LogP contribution in [0, 0.1) is 0 Å². The van der Waals surface area contributed by atoms with Gasteiger partial charge in [0.25, 0.3) is 0 Å². The van der Waals surface area contributed by atoms with E-state index in [-0.39, 0.29) is 10.4 Å². The lowest BCUT2D eigenvalue weighted by Gasteiger charge is -2.16. The van der Waals surface area contributed by atoms with Crippen molar-refractivity contribution in [1.82, 2.24) is 0 Å². The molecule has 0 saturated carbocycles. The zero-order valence-corrected chi connectivity index (χ0v) is 8.50. The number of hydrogen-bond donors (Lipinski definition) is 0. The molecule has 0 saturated heterocycles. The molecule has 2 nitrogen and oxygen atoms in total.